The minimum absolute atomic E-state index is 0.0697. The van der Waals surface area contributed by atoms with Crippen molar-refractivity contribution in [3.8, 4) is 0 Å². The van der Waals surface area contributed by atoms with E-state index >= 15 is 0 Å². The number of allylic oxidation sites excluding steroid dienone is 12. The molecule has 0 aromatic rings. The lowest BCUT2D eigenvalue weighted by Gasteiger charge is -2.18. The maximum absolute atomic E-state index is 12.7. The average molecular weight is 978 g/mol. The van der Waals surface area contributed by atoms with Gasteiger partial charge >= 0.3 is 17.9 Å². The molecule has 0 amide bonds. The van der Waals surface area contributed by atoms with Gasteiger partial charge in [-0.1, -0.05) is 280 Å². The van der Waals surface area contributed by atoms with Crippen molar-refractivity contribution >= 4 is 17.9 Å². The molecular weight excluding hydrogens is 865 g/mol. The number of rotatable bonds is 54. The van der Waals surface area contributed by atoms with E-state index in [1.807, 2.05) is 0 Å². The molecule has 70 heavy (non-hydrogen) atoms. The van der Waals surface area contributed by atoms with Crippen LogP contribution in [0.2, 0.25) is 0 Å². The first kappa shape index (κ1) is 66.9. The molecule has 0 heterocycles. The molecule has 6 heteroatoms. The molecule has 0 bridgehead atoms. The molecule has 404 valence electrons. The molecule has 0 saturated heterocycles. The van der Waals surface area contributed by atoms with Gasteiger partial charge in [0.25, 0.3) is 0 Å². The summed E-state index contributed by atoms with van der Waals surface area (Å²) >= 11 is 0. The van der Waals surface area contributed by atoms with E-state index in [0.29, 0.717) is 19.3 Å². The van der Waals surface area contributed by atoms with Gasteiger partial charge in [-0.15, -0.1) is 0 Å². The molecule has 0 radical (unpaired) electrons. The van der Waals surface area contributed by atoms with Gasteiger partial charge in [0, 0.05) is 19.3 Å². The summed E-state index contributed by atoms with van der Waals surface area (Å²) in [5.74, 6) is -0.868. The van der Waals surface area contributed by atoms with Crippen molar-refractivity contribution < 1.29 is 28.6 Å². The lowest BCUT2D eigenvalue weighted by atomic mass is 10.0. The molecular formula is C64H112O6. The molecule has 6 nitrogen and oxygen atoms in total. The fourth-order valence-corrected chi connectivity index (χ4v) is 8.51. The average Bonchev–Trinajstić information content (AvgIpc) is 3.36. The zero-order chi connectivity index (χ0) is 50.7. The van der Waals surface area contributed by atoms with Crippen molar-refractivity contribution in [2.75, 3.05) is 13.2 Å². The molecule has 0 aromatic carbocycles. The summed E-state index contributed by atoms with van der Waals surface area (Å²) in [5.41, 5.74) is 0. The van der Waals surface area contributed by atoms with Crippen molar-refractivity contribution in [3.63, 3.8) is 0 Å². The Bertz CT molecular complexity index is 1310. The Balaban J connectivity index is 3.92. The predicted molar refractivity (Wildman–Crippen MR) is 302 cm³/mol. The van der Waals surface area contributed by atoms with E-state index in [4.69, 9.17) is 14.2 Å². The van der Waals surface area contributed by atoms with E-state index in [-0.39, 0.29) is 31.1 Å². The highest BCUT2D eigenvalue weighted by Crippen LogP contribution is 2.16. The van der Waals surface area contributed by atoms with E-state index < -0.39 is 6.10 Å². The summed E-state index contributed by atoms with van der Waals surface area (Å²) in [4.78, 5) is 37.8. The number of ether oxygens (including phenoxy) is 3. The highest BCUT2D eigenvalue weighted by atomic mass is 16.6. The summed E-state index contributed by atoms with van der Waals surface area (Å²) in [7, 11) is 0. The Labute approximate surface area is 433 Å². The minimum atomic E-state index is -0.766. The van der Waals surface area contributed by atoms with Gasteiger partial charge in [-0.2, -0.15) is 0 Å². The summed E-state index contributed by atoms with van der Waals surface area (Å²) in [6.07, 6.45) is 75.2. The second-order valence-electron chi connectivity index (χ2n) is 19.9. The summed E-state index contributed by atoms with van der Waals surface area (Å²) in [6, 6.07) is 0. The first-order chi connectivity index (χ1) is 34.5. The summed E-state index contributed by atoms with van der Waals surface area (Å²) in [5, 5.41) is 0. The van der Waals surface area contributed by atoms with Gasteiger partial charge in [-0.25, -0.2) is 0 Å². The number of esters is 3. The Morgan fingerprint density at radius 3 is 0.871 bits per heavy atom. The first-order valence-corrected chi connectivity index (χ1v) is 29.9. The van der Waals surface area contributed by atoms with Crippen LogP contribution in [0.5, 0.6) is 0 Å². The number of unbranched alkanes of at least 4 members (excludes halogenated alkanes) is 31. The molecule has 0 fully saturated rings. The molecule has 0 saturated carbocycles. The fourth-order valence-electron chi connectivity index (χ4n) is 8.51. The predicted octanol–water partition coefficient (Wildman–Crippen LogP) is 20.2. The second kappa shape index (κ2) is 58.4. The Morgan fingerprint density at radius 2 is 0.557 bits per heavy atom. The van der Waals surface area contributed by atoms with Crippen molar-refractivity contribution in [2.45, 2.75) is 303 Å². The SMILES string of the molecule is CC/C=C\C/C=C\C/C=C\C/C=C\C/C=C\C/C=C\CCCCCCCCCCCCCCCCCCC(=O)OCC(COC(=O)CCCCCCCCC)OC(=O)CCCCCCCCCCCC. The van der Waals surface area contributed by atoms with Crippen LogP contribution in [-0.2, 0) is 28.6 Å². The molecule has 0 aromatic heterocycles. The van der Waals surface area contributed by atoms with E-state index in [1.165, 1.54) is 161 Å². The van der Waals surface area contributed by atoms with Crippen LogP contribution < -0.4 is 0 Å². The monoisotopic (exact) mass is 977 g/mol. The van der Waals surface area contributed by atoms with Gasteiger partial charge in [0.1, 0.15) is 13.2 Å². The number of carbonyl (C=O) groups is 3. The number of hydrogen-bond acceptors (Lipinski definition) is 6. The van der Waals surface area contributed by atoms with E-state index in [9.17, 15) is 14.4 Å². The zero-order valence-corrected chi connectivity index (χ0v) is 46.3. The van der Waals surface area contributed by atoms with Crippen LogP contribution in [0.3, 0.4) is 0 Å². The van der Waals surface area contributed by atoms with E-state index in [0.717, 1.165) is 96.3 Å². The van der Waals surface area contributed by atoms with Gasteiger partial charge in [0.15, 0.2) is 6.10 Å². The molecule has 0 rings (SSSR count). The fraction of sp³-hybridized carbons (Fsp3) is 0.766. The maximum atomic E-state index is 12.7. The topological polar surface area (TPSA) is 78.9 Å². The third-order valence-electron chi connectivity index (χ3n) is 13.0. The lowest BCUT2D eigenvalue weighted by molar-refractivity contribution is -0.167. The quantitative estimate of drug-likeness (QED) is 0.0261. The summed E-state index contributed by atoms with van der Waals surface area (Å²) in [6.45, 7) is 6.49. The van der Waals surface area contributed by atoms with Crippen LogP contribution in [0.25, 0.3) is 0 Å². The van der Waals surface area contributed by atoms with Crippen molar-refractivity contribution in [1.29, 1.82) is 0 Å². The Hall–Kier alpha value is -3.15. The molecule has 0 aliphatic carbocycles. The number of carbonyl (C=O) groups excluding carboxylic acids is 3. The molecule has 1 atom stereocenters. The highest BCUT2D eigenvalue weighted by molar-refractivity contribution is 5.71. The molecule has 0 N–H and O–H groups in total. The normalized spacial score (nSPS) is 12.6. The molecule has 0 spiro atoms. The van der Waals surface area contributed by atoms with Gasteiger partial charge in [0.05, 0.1) is 0 Å². The van der Waals surface area contributed by atoms with Crippen LogP contribution in [0.1, 0.15) is 297 Å². The van der Waals surface area contributed by atoms with Crippen LogP contribution in [0, 0.1) is 0 Å². The van der Waals surface area contributed by atoms with Crippen LogP contribution >= 0.6 is 0 Å². The first-order valence-electron chi connectivity index (χ1n) is 29.9. The smallest absolute Gasteiger partial charge is 0.306 e. The Morgan fingerprint density at radius 1 is 0.300 bits per heavy atom. The maximum Gasteiger partial charge on any atom is 0.306 e. The van der Waals surface area contributed by atoms with E-state index in [2.05, 4.69) is 93.7 Å². The van der Waals surface area contributed by atoms with Crippen LogP contribution in [0.4, 0.5) is 0 Å². The zero-order valence-electron chi connectivity index (χ0n) is 46.3. The number of hydrogen-bond donors (Lipinski definition) is 0. The third kappa shape index (κ3) is 55.8. The largest absolute Gasteiger partial charge is 0.462 e. The van der Waals surface area contributed by atoms with Crippen LogP contribution in [0.15, 0.2) is 72.9 Å². The lowest BCUT2D eigenvalue weighted by Crippen LogP contribution is -2.30. The van der Waals surface area contributed by atoms with Gasteiger partial charge in [-0.3, -0.25) is 14.4 Å². The molecule has 0 aliphatic rings. The third-order valence-corrected chi connectivity index (χ3v) is 13.0. The second-order valence-corrected chi connectivity index (χ2v) is 19.9. The van der Waals surface area contributed by atoms with Crippen molar-refractivity contribution in [2.24, 2.45) is 0 Å². The highest BCUT2D eigenvalue weighted by Gasteiger charge is 2.19. The summed E-state index contributed by atoms with van der Waals surface area (Å²) < 4.78 is 16.7. The van der Waals surface area contributed by atoms with Crippen LogP contribution in [-0.4, -0.2) is 37.2 Å². The van der Waals surface area contributed by atoms with Gasteiger partial charge in [-0.05, 0) is 70.6 Å². The minimum Gasteiger partial charge on any atom is -0.462 e. The standard InChI is InChI=1S/C64H112O6/c1-4-7-10-13-16-18-20-21-22-23-24-25-26-27-28-29-30-31-32-33-34-35-36-37-38-39-40-41-42-43-44-46-48-51-54-57-63(66)69-60-61(59-68-62(65)56-53-50-47-15-12-9-6-3)70-64(67)58-55-52-49-45-19-17-14-11-8-5-2/h7,10,16,18,21-22,24-25,27-28,30-31,61H,4-6,8-9,11-15,17,19-20,23,26,29,32-60H2,1-3H3/b10-7-,18-16-,22-21-,25-24-,28-27-,31-30-. The van der Waals surface area contributed by atoms with Crippen molar-refractivity contribution in [1.82, 2.24) is 0 Å². The van der Waals surface area contributed by atoms with Crippen molar-refractivity contribution in [3.05, 3.63) is 72.9 Å². The Kier molecular flexibility index (Phi) is 55.8. The van der Waals surface area contributed by atoms with E-state index in [1.54, 1.807) is 0 Å². The van der Waals surface area contributed by atoms with Gasteiger partial charge < -0.3 is 14.2 Å². The molecule has 0 aliphatic heterocycles. The molecule has 1 unspecified atom stereocenters. The van der Waals surface area contributed by atoms with Gasteiger partial charge in [0.2, 0.25) is 0 Å².